The number of thiophene rings is 2. The van der Waals surface area contributed by atoms with E-state index in [1.54, 1.807) is 0 Å². The minimum Gasteiger partial charge on any atom is -0.309 e. The van der Waals surface area contributed by atoms with Gasteiger partial charge in [0.15, 0.2) is 0 Å². The van der Waals surface area contributed by atoms with Gasteiger partial charge in [-0.05, 0) is 95.7 Å². The summed E-state index contributed by atoms with van der Waals surface area (Å²) in [5.74, 6) is 0. The maximum atomic E-state index is 2.49. The van der Waals surface area contributed by atoms with E-state index in [-0.39, 0.29) is 0 Å². The van der Waals surface area contributed by atoms with Crippen LogP contribution < -0.4 is 9.80 Å². The second-order valence-corrected chi connectivity index (χ2v) is 17.1. The Bertz CT molecular complexity index is 3300. The number of hydrogen-bond donors (Lipinski definition) is 0. The third-order valence-electron chi connectivity index (χ3n) is 11.5. The molecule has 0 atom stereocenters. The standard InChI is InChI=1S/C54H34N2S2/c1-3-17-37(18-4-1)55(39-27-29-51-45(33-39)41-21-11-13-25-49(41)57-51)53-43-23-9-10-24-44(43)54(48-32-36-16-8-7-15-35(36)31-47(48)53)56(38-19-5-2-6-20-38)40-28-30-52-46(34-40)42-22-12-14-26-50(42)58-52/h1-34H. The molecule has 0 saturated carbocycles. The van der Waals surface area contributed by atoms with Crippen LogP contribution in [0.15, 0.2) is 206 Å². The van der Waals surface area contributed by atoms with Crippen LogP contribution in [0, 0.1) is 0 Å². The van der Waals surface area contributed by atoms with Crippen LogP contribution >= 0.6 is 22.7 Å². The largest absolute Gasteiger partial charge is 0.309 e. The third-order valence-corrected chi connectivity index (χ3v) is 13.9. The second kappa shape index (κ2) is 13.3. The highest BCUT2D eigenvalue weighted by Crippen LogP contribution is 2.53. The summed E-state index contributed by atoms with van der Waals surface area (Å²) in [6.45, 7) is 0. The number of para-hydroxylation sites is 2. The van der Waals surface area contributed by atoms with Crippen LogP contribution in [-0.4, -0.2) is 0 Å². The van der Waals surface area contributed by atoms with Crippen LogP contribution in [0.2, 0.25) is 0 Å². The monoisotopic (exact) mass is 774 g/mol. The number of hydrogen-bond acceptors (Lipinski definition) is 4. The van der Waals surface area contributed by atoms with Crippen LogP contribution in [0.5, 0.6) is 0 Å². The van der Waals surface area contributed by atoms with Crippen LogP contribution in [0.25, 0.3) is 72.7 Å². The maximum Gasteiger partial charge on any atom is 0.0620 e. The molecule has 12 aromatic rings. The van der Waals surface area contributed by atoms with Crippen LogP contribution in [-0.2, 0) is 0 Å². The molecule has 0 radical (unpaired) electrons. The van der Waals surface area contributed by atoms with Gasteiger partial charge in [0, 0.05) is 84.6 Å². The molecule has 0 aliphatic rings. The predicted octanol–water partition coefficient (Wildman–Crippen LogP) is 16.8. The number of fused-ring (bicyclic) bond motifs is 9. The first-order chi connectivity index (χ1) is 28.8. The molecule has 0 aliphatic heterocycles. The number of anilines is 6. The molecule has 0 fully saturated rings. The summed E-state index contributed by atoms with van der Waals surface area (Å²) in [5.41, 5.74) is 6.82. The molecule has 58 heavy (non-hydrogen) atoms. The van der Waals surface area contributed by atoms with Gasteiger partial charge in [0.2, 0.25) is 0 Å². The van der Waals surface area contributed by atoms with Crippen LogP contribution in [0.1, 0.15) is 0 Å². The van der Waals surface area contributed by atoms with Crippen molar-refractivity contribution in [2.45, 2.75) is 0 Å². The number of rotatable bonds is 6. The molecule has 2 heterocycles. The Kier molecular flexibility index (Phi) is 7.62. The van der Waals surface area contributed by atoms with Gasteiger partial charge in [-0.25, -0.2) is 0 Å². The summed E-state index contributed by atoms with van der Waals surface area (Å²) in [6.07, 6.45) is 0. The quantitative estimate of drug-likeness (QED) is 0.123. The average molecular weight is 775 g/mol. The fourth-order valence-corrected chi connectivity index (χ4v) is 11.1. The van der Waals surface area contributed by atoms with Crippen LogP contribution in [0.3, 0.4) is 0 Å². The lowest BCUT2D eigenvalue weighted by molar-refractivity contribution is 1.30. The lowest BCUT2D eigenvalue weighted by atomic mass is 9.93. The van der Waals surface area contributed by atoms with E-state index in [1.165, 1.54) is 72.7 Å². The average Bonchev–Trinajstić information content (AvgIpc) is 3.85. The number of nitrogens with zero attached hydrogens (tertiary/aromatic N) is 2. The molecule has 0 bridgehead atoms. The summed E-state index contributed by atoms with van der Waals surface area (Å²) in [5, 5.41) is 12.3. The molecular weight excluding hydrogens is 741 g/mol. The topological polar surface area (TPSA) is 6.48 Å². The third kappa shape index (κ3) is 5.23. The number of benzene rings is 10. The van der Waals surface area contributed by atoms with Gasteiger partial charge in [0.05, 0.1) is 11.4 Å². The van der Waals surface area contributed by atoms with E-state index in [0.717, 1.165) is 34.1 Å². The Labute approximate surface area is 343 Å². The molecule has 10 aromatic carbocycles. The van der Waals surface area contributed by atoms with Gasteiger partial charge in [-0.15, -0.1) is 22.7 Å². The zero-order chi connectivity index (χ0) is 38.2. The summed E-state index contributed by atoms with van der Waals surface area (Å²) in [4.78, 5) is 4.98. The molecule has 12 rings (SSSR count). The molecule has 0 unspecified atom stereocenters. The Morgan fingerprint density at radius 3 is 1.05 bits per heavy atom. The molecule has 272 valence electrons. The molecule has 0 amide bonds. The van der Waals surface area contributed by atoms with Crippen molar-refractivity contribution in [2.75, 3.05) is 9.80 Å². The van der Waals surface area contributed by atoms with Crippen molar-refractivity contribution in [3.05, 3.63) is 206 Å². The Balaban J connectivity index is 1.22. The molecule has 4 heteroatoms. The van der Waals surface area contributed by atoms with Gasteiger partial charge in [-0.1, -0.05) is 121 Å². The van der Waals surface area contributed by atoms with Crippen molar-refractivity contribution >= 4 is 129 Å². The van der Waals surface area contributed by atoms with E-state index in [9.17, 15) is 0 Å². The summed E-state index contributed by atoms with van der Waals surface area (Å²) in [7, 11) is 0. The van der Waals surface area contributed by atoms with Crippen LogP contribution in [0.4, 0.5) is 34.1 Å². The van der Waals surface area contributed by atoms with E-state index in [0.29, 0.717) is 0 Å². The second-order valence-electron chi connectivity index (χ2n) is 14.9. The lowest BCUT2D eigenvalue weighted by Crippen LogP contribution is -2.14. The predicted molar refractivity (Wildman–Crippen MR) is 254 cm³/mol. The van der Waals surface area contributed by atoms with Gasteiger partial charge >= 0.3 is 0 Å². The Hall–Kier alpha value is -6.98. The van der Waals surface area contributed by atoms with Crippen molar-refractivity contribution in [2.24, 2.45) is 0 Å². The normalized spacial score (nSPS) is 11.8. The van der Waals surface area contributed by atoms with E-state index >= 15 is 0 Å². The summed E-state index contributed by atoms with van der Waals surface area (Å²) < 4.78 is 5.20. The molecular formula is C54H34N2S2. The first kappa shape index (κ1) is 33.2. The first-order valence-corrected chi connectivity index (χ1v) is 21.3. The summed E-state index contributed by atoms with van der Waals surface area (Å²) >= 11 is 3.72. The van der Waals surface area contributed by atoms with Crippen molar-refractivity contribution in [1.29, 1.82) is 0 Å². The van der Waals surface area contributed by atoms with Gasteiger partial charge in [0.1, 0.15) is 0 Å². The minimum absolute atomic E-state index is 1.11. The zero-order valence-electron chi connectivity index (χ0n) is 31.3. The lowest BCUT2D eigenvalue weighted by Gasteiger charge is -2.33. The Morgan fingerprint density at radius 2 is 0.603 bits per heavy atom. The summed E-state index contributed by atoms with van der Waals surface area (Å²) in [6, 6.07) is 76.0. The Morgan fingerprint density at radius 1 is 0.241 bits per heavy atom. The first-order valence-electron chi connectivity index (χ1n) is 19.7. The molecule has 0 saturated heterocycles. The highest BCUT2D eigenvalue weighted by molar-refractivity contribution is 7.26. The highest BCUT2D eigenvalue weighted by atomic mass is 32.1. The smallest absolute Gasteiger partial charge is 0.0620 e. The minimum atomic E-state index is 1.11. The van der Waals surface area contributed by atoms with Crippen molar-refractivity contribution < 1.29 is 0 Å². The molecule has 0 aliphatic carbocycles. The van der Waals surface area contributed by atoms with Crippen molar-refractivity contribution in [3.8, 4) is 0 Å². The van der Waals surface area contributed by atoms with Gasteiger partial charge < -0.3 is 9.80 Å². The zero-order valence-corrected chi connectivity index (χ0v) is 33.0. The molecule has 2 nitrogen and oxygen atoms in total. The van der Waals surface area contributed by atoms with E-state index < -0.39 is 0 Å². The van der Waals surface area contributed by atoms with Crippen molar-refractivity contribution in [1.82, 2.24) is 0 Å². The fourth-order valence-electron chi connectivity index (χ4n) is 8.98. The molecule has 0 spiro atoms. The fraction of sp³-hybridized carbons (Fsp3) is 0. The van der Waals surface area contributed by atoms with Gasteiger partial charge in [-0.2, -0.15) is 0 Å². The van der Waals surface area contributed by atoms with Crippen molar-refractivity contribution in [3.63, 3.8) is 0 Å². The highest BCUT2D eigenvalue weighted by Gasteiger charge is 2.26. The van der Waals surface area contributed by atoms with E-state index in [1.807, 2.05) is 22.7 Å². The maximum absolute atomic E-state index is 2.49. The molecule has 0 N–H and O–H groups in total. The van der Waals surface area contributed by atoms with E-state index in [2.05, 4.69) is 216 Å². The van der Waals surface area contributed by atoms with E-state index in [4.69, 9.17) is 0 Å². The SMILES string of the molecule is c1ccc(N(c2ccc3sc4ccccc4c3c2)c2c3ccccc3c(N(c3ccccc3)c3ccc4sc5ccccc5c4c3)c3cc4ccccc4cc23)cc1. The van der Waals surface area contributed by atoms with Gasteiger partial charge in [-0.3, -0.25) is 0 Å². The van der Waals surface area contributed by atoms with Gasteiger partial charge in [0.25, 0.3) is 0 Å². The molecule has 2 aromatic heterocycles.